The number of hydrogen-bond acceptors (Lipinski definition) is 4. The van der Waals surface area contributed by atoms with Gasteiger partial charge in [0, 0.05) is 31.4 Å². The monoisotopic (exact) mass is 302 g/mol. The van der Waals surface area contributed by atoms with Gasteiger partial charge in [0.05, 0.1) is 19.0 Å². The maximum atomic E-state index is 12.6. The molecule has 0 saturated heterocycles. The van der Waals surface area contributed by atoms with Gasteiger partial charge in [-0.05, 0) is 6.07 Å². The van der Waals surface area contributed by atoms with Crippen molar-refractivity contribution in [2.24, 2.45) is 5.92 Å². The molecule has 0 N–H and O–H groups in total. The average Bonchev–Trinajstić information content (AvgIpc) is 3.14. The number of amides is 1. The summed E-state index contributed by atoms with van der Waals surface area (Å²) >= 11 is 0. The molecular formula is C15H22N6O. The number of nitrogens with zero attached hydrogens (tertiary/aromatic N) is 6. The molecule has 0 spiro atoms. The summed E-state index contributed by atoms with van der Waals surface area (Å²) in [4.78, 5) is 14.5. The quantitative estimate of drug-likeness (QED) is 0.853. The van der Waals surface area contributed by atoms with E-state index < -0.39 is 0 Å². The summed E-state index contributed by atoms with van der Waals surface area (Å²) in [6.07, 6.45) is 3.61. The molecule has 7 nitrogen and oxygen atoms in total. The molecule has 7 heteroatoms. The second kappa shape index (κ2) is 5.90. The number of rotatable bonds is 4. The first-order chi connectivity index (χ1) is 10.6. The molecule has 1 atom stereocenters. The van der Waals surface area contributed by atoms with Crippen LogP contribution >= 0.6 is 0 Å². The topological polar surface area (TPSA) is 68.8 Å². The van der Waals surface area contributed by atoms with Crippen LogP contribution in [0, 0.1) is 5.92 Å². The van der Waals surface area contributed by atoms with Crippen LogP contribution in [0.15, 0.2) is 18.5 Å². The highest BCUT2D eigenvalue weighted by atomic mass is 16.2. The molecule has 3 heterocycles. The van der Waals surface area contributed by atoms with Crippen molar-refractivity contribution >= 4 is 5.91 Å². The Bertz CT molecular complexity index is 645. The molecule has 1 aliphatic rings. The number of aromatic nitrogens is 5. The van der Waals surface area contributed by atoms with Gasteiger partial charge in [-0.1, -0.05) is 20.8 Å². The van der Waals surface area contributed by atoms with E-state index in [9.17, 15) is 4.79 Å². The van der Waals surface area contributed by atoms with E-state index in [0.717, 1.165) is 18.2 Å². The maximum Gasteiger partial charge on any atom is 0.227 e. The van der Waals surface area contributed by atoms with E-state index in [1.54, 1.807) is 10.9 Å². The molecule has 0 aromatic carbocycles. The van der Waals surface area contributed by atoms with Crippen molar-refractivity contribution < 1.29 is 4.79 Å². The fourth-order valence-corrected chi connectivity index (χ4v) is 2.87. The zero-order valence-corrected chi connectivity index (χ0v) is 13.3. The Morgan fingerprint density at radius 1 is 1.27 bits per heavy atom. The lowest BCUT2D eigenvalue weighted by atomic mass is 10.1. The first kappa shape index (κ1) is 14.7. The summed E-state index contributed by atoms with van der Waals surface area (Å²) in [6.45, 7) is 8.81. The van der Waals surface area contributed by atoms with Gasteiger partial charge in [-0.25, -0.2) is 0 Å². The predicted molar refractivity (Wildman–Crippen MR) is 80.9 cm³/mol. The highest BCUT2D eigenvalue weighted by Gasteiger charge is 2.28. The van der Waals surface area contributed by atoms with Gasteiger partial charge in [-0.15, -0.1) is 10.2 Å². The minimum atomic E-state index is -0.0982. The molecular weight excluding hydrogens is 280 g/mol. The molecule has 2 aromatic rings. The fourth-order valence-electron chi connectivity index (χ4n) is 2.87. The normalized spacial score (nSPS) is 15.9. The molecule has 22 heavy (non-hydrogen) atoms. The highest BCUT2D eigenvalue weighted by molar-refractivity contribution is 5.78. The number of carbonyl (C=O) groups is 1. The third kappa shape index (κ3) is 2.75. The van der Waals surface area contributed by atoms with E-state index in [1.165, 1.54) is 0 Å². The Kier molecular flexibility index (Phi) is 3.96. The van der Waals surface area contributed by atoms with Crippen LogP contribution in [0.25, 0.3) is 0 Å². The molecule has 0 radical (unpaired) electrons. The van der Waals surface area contributed by atoms with Crippen LogP contribution in [-0.2, 0) is 24.4 Å². The van der Waals surface area contributed by atoms with Gasteiger partial charge in [0.1, 0.15) is 5.82 Å². The molecule has 0 bridgehead atoms. The molecule has 118 valence electrons. The molecule has 0 aliphatic carbocycles. The van der Waals surface area contributed by atoms with Crippen LogP contribution in [0.3, 0.4) is 0 Å². The van der Waals surface area contributed by atoms with Crippen molar-refractivity contribution in [3.8, 4) is 0 Å². The van der Waals surface area contributed by atoms with Gasteiger partial charge in [0.2, 0.25) is 5.91 Å². The molecule has 2 aromatic heterocycles. The van der Waals surface area contributed by atoms with Gasteiger partial charge < -0.3 is 9.47 Å². The lowest BCUT2D eigenvalue weighted by Crippen LogP contribution is -2.42. The largest absolute Gasteiger partial charge is 0.333 e. The SMILES string of the molecule is CC(Cn1cccn1)C(=O)N1CCn2c(nnc2C(C)C)C1. The van der Waals surface area contributed by atoms with E-state index in [-0.39, 0.29) is 11.8 Å². The van der Waals surface area contributed by atoms with Crippen LogP contribution in [0.5, 0.6) is 0 Å². The van der Waals surface area contributed by atoms with Gasteiger partial charge in [0.15, 0.2) is 5.82 Å². The van der Waals surface area contributed by atoms with Crippen LogP contribution in [-0.4, -0.2) is 41.9 Å². The maximum absolute atomic E-state index is 12.6. The van der Waals surface area contributed by atoms with Crippen molar-refractivity contribution in [3.63, 3.8) is 0 Å². The molecule has 0 fully saturated rings. The standard InChI is InChI=1S/C15H22N6O/c1-11(2)14-18-17-13-10-19(7-8-21(13)14)15(22)12(3)9-20-6-4-5-16-20/h4-6,11-12H,7-10H2,1-3H3. The second-order valence-corrected chi connectivity index (χ2v) is 6.17. The number of fused-ring (bicyclic) bond motifs is 1. The van der Waals surface area contributed by atoms with Crippen LogP contribution in [0.4, 0.5) is 0 Å². The molecule has 1 aliphatic heterocycles. The summed E-state index contributed by atoms with van der Waals surface area (Å²) in [5, 5.41) is 12.7. The van der Waals surface area contributed by atoms with Crippen molar-refractivity contribution in [2.75, 3.05) is 6.54 Å². The smallest absolute Gasteiger partial charge is 0.227 e. The molecule has 3 rings (SSSR count). The van der Waals surface area contributed by atoms with Crippen LogP contribution in [0.1, 0.15) is 38.3 Å². The summed E-state index contributed by atoms with van der Waals surface area (Å²) < 4.78 is 3.94. The lowest BCUT2D eigenvalue weighted by molar-refractivity contribution is -0.137. The lowest BCUT2D eigenvalue weighted by Gasteiger charge is -2.30. The second-order valence-electron chi connectivity index (χ2n) is 6.17. The van der Waals surface area contributed by atoms with E-state index in [2.05, 4.69) is 33.7 Å². The summed E-state index contributed by atoms with van der Waals surface area (Å²) in [5.74, 6) is 2.29. The number of carbonyl (C=O) groups excluding carboxylic acids is 1. The first-order valence-corrected chi connectivity index (χ1v) is 7.74. The van der Waals surface area contributed by atoms with Gasteiger partial charge in [-0.2, -0.15) is 5.10 Å². The molecule has 0 saturated carbocycles. The Morgan fingerprint density at radius 2 is 2.09 bits per heavy atom. The van der Waals surface area contributed by atoms with Gasteiger partial charge in [0.25, 0.3) is 0 Å². The van der Waals surface area contributed by atoms with Crippen molar-refractivity contribution in [1.82, 2.24) is 29.4 Å². The molecule has 1 amide bonds. The number of hydrogen-bond donors (Lipinski definition) is 0. The average molecular weight is 302 g/mol. The minimum Gasteiger partial charge on any atom is -0.333 e. The van der Waals surface area contributed by atoms with E-state index in [4.69, 9.17) is 0 Å². The Morgan fingerprint density at radius 3 is 2.77 bits per heavy atom. The summed E-state index contributed by atoms with van der Waals surface area (Å²) in [7, 11) is 0. The van der Waals surface area contributed by atoms with E-state index in [0.29, 0.717) is 25.6 Å². The minimum absolute atomic E-state index is 0.0982. The van der Waals surface area contributed by atoms with E-state index >= 15 is 0 Å². The first-order valence-electron chi connectivity index (χ1n) is 7.74. The fraction of sp³-hybridized carbons (Fsp3) is 0.600. The predicted octanol–water partition coefficient (Wildman–Crippen LogP) is 1.28. The van der Waals surface area contributed by atoms with Crippen molar-refractivity contribution in [2.45, 2.75) is 46.3 Å². The van der Waals surface area contributed by atoms with E-state index in [1.807, 2.05) is 24.1 Å². The Labute approximate surface area is 129 Å². The van der Waals surface area contributed by atoms with Crippen LogP contribution < -0.4 is 0 Å². The zero-order chi connectivity index (χ0) is 15.7. The Balaban J connectivity index is 1.67. The van der Waals surface area contributed by atoms with Crippen LogP contribution in [0.2, 0.25) is 0 Å². The third-order valence-electron chi connectivity index (χ3n) is 4.05. The van der Waals surface area contributed by atoms with Gasteiger partial charge >= 0.3 is 0 Å². The third-order valence-corrected chi connectivity index (χ3v) is 4.05. The van der Waals surface area contributed by atoms with Crippen molar-refractivity contribution in [1.29, 1.82) is 0 Å². The highest BCUT2D eigenvalue weighted by Crippen LogP contribution is 2.19. The summed E-state index contributed by atoms with van der Waals surface area (Å²) in [5.41, 5.74) is 0. The Hall–Kier alpha value is -2.18. The van der Waals surface area contributed by atoms with Gasteiger partial charge in [-0.3, -0.25) is 9.48 Å². The molecule has 1 unspecified atom stereocenters. The summed E-state index contributed by atoms with van der Waals surface area (Å²) in [6, 6.07) is 1.87. The van der Waals surface area contributed by atoms with Crippen molar-refractivity contribution in [3.05, 3.63) is 30.1 Å². The zero-order valence-electron chi connectivity index (χ0n) is 13.3.